The first-order chi connectivity index (χ1) is 15.7. The highest BCUT2D eigenvalue weighted by atomic mass is 16.3. The number of rotatable bonds is 14. The Morgan fingerprint density at radius 2 is 1.33 bits per heavy atom. The van der Waals surface area contributed by atoms with Crippen molar-refractivity contribution in [2.45, 2.75) is 150 Å². The number of aliphatic hydroxyl groups excluding tert-OH is 2. The van der Waals surface area contributed by atoms with Crippen molar-refractivity contribution in [2.24, 2.45) is 47.3 Å². The van der Waals surface area contributed by atoms with Gasteiger partial charge in [-0.25, -0.2) is 0 Å². The molecule has 2 saturated carbocycles. The highest BCUT2D eigenvalue weighted by molar-refractivity contribution is 4.80. The average molecular weight is 465 g/mol. The summed E-state index contributed by atoms with van der Waals surface area (Å²) in [4.78, 5) is 0. The zero-order valence-corrected chi connectivity index (χ0v) is 23.3. The third-order valence-electron chi connectivity index (χ3n) is 9.65. The summed E-state index contributed by atoms with van der Waals surface area (Å²) in [7, 11) is 0. The molecule has 0 aromatic heterocycles. The molecule has 0 aromatic carbocycles. The molecule has 2 fully saturated rings. The summed E-state index contributed by atoms with van der Waals surface area (Å²) in [6.07, 6.45) is 18.5. The molecule has 0 bridgehead atoms. The minimum Gasteiger partial charge on any atom is -0.393 e. The van der Waals surface area contributed by atoms with Crippen molar-refractivity contribution in [3.63, 3.8) is 0 Å². The second-order valence-electron chi connectivity index (χ2n) is 13.4. The van der Waals surface area contributed by atoms with Crippen LogP contribution < -0.4 is 0 Å². The molecular formula is C31H60O2. The molecule has 2 N–H and O–H groups in total. The van der Waals surface area contributed by atoms with Gasteiger partial charge >= 0.3 is 0 Å². The molecule has 0 spiro atoms. The van der Waals surface area contributed by atoms with E-state index in [0.29, 0.717) is 23.7 Å². The quantitative estimate of drug-likeness (QED) is 0.270. The van der Waals surface area contributed by atoms with Crippen LogP contribution in [0.4, 0.5) is 0 Å². The average Bonchev–Trinajstić information content (AvgIpc) is 2.77. The molecule has 2 heteroatoms. The molecule has 2 aliphatic rings. The maximum atomic E-state index is 10.9. The van der Waals surface area contributed by atoms with Crippen LogP contribution in [0.15, 0.2) is 0 Å². The first-order valence-electron chi connectivity index (χ1n) is 15.0. The van der Waals surface area contributed by atoms with E-state index in [4.69, 9.17) is 0 Å². The third-order valence-corrected chi connectivity index (χ3v) is 9.65. The van der Waals surface area contributed by atoms with E-state index < -0.39 is 0 Å². The summed E-state index contributed by atoms with van der Waals surface area (Å²) in [6.45, 7) is 14.0. The molecule has 0 saturated heterocycles. The van der Waals surface area contributed by atoms with Gasteiger partial charge < -0.3 is 10.2 Å². The molecule has 4 unspecified atom stereocenters. The fourth-order valence-corrected chi connectivity index (χ4v) is 6.78. The normalized spacial score (nSPS) is 30.4. The topological polar surface area (TPSA) is 40.5 Å². The fraction of sp³-hybridized carbons (Fsp3) is 1.00. The Bertz CT molecular complexity index is 485. The number of aliphatic hydroxyl groups is 2. The van der Waals surface area contributed by atoms with Gasteiger partial charge in [0.1, 0.15) is 0 Å². The molecular weight excluding hydrogens is 404 g/mol. The molecule has 33 heavy (non-hydrogen) atoms. The SMILES string of the molecule is CC(C)CCC1CCC(CC(C)C(O)CCCC(CC(O)C2CCC(C)CC2)C(C)C)CC1. The van der Waals surface area contributed by atoms with Crippen molar-refractivity contribution >= 4 is 0 Å². The van der Waals surface area contributed by atoms with E-state index >= 15 is 0 Å². The summed E-state index contributed by atoms with van der Waals surface area (Å²) in [5, 5.41) is 21.7. The van der Waals surface area contributed by atoms with Gasteiger partial charge in [0.2, 0.25) is 0 Å². The van der Waals surface area contributed by atoms with Gasteiger partial charge in [-0.2, -0.15) is 0 Å². The van der Waals surface area contributed by atoms with E-state index in [1.165, 1.54) is 70.6 Å². The van der Waals surface area contributed by atoms with Crippen LogP contribution >= 0.6 is 0 Å². The lowest BCUT2D eigenvalue weighted by molar-refractivity contribution is 0.0436. The molecule has 2 rings (SSSR count). The van der Waals surface area contributed by atoms with Gasteiger partial charge in [-0.1, -0.05) is 106 Å². The molecule has 0 radical (unpaired) electrons. The van der Waals surface area contributed by atoms with Crippen LogP contribution in [0, 0.1) is 47.3 Å². The highest BCUT2D eigenvalue weighted by Gasteiger charge is 2.28. The second-order valence-corrected chi connectivity index (χ2v) is 13.4. The Morgan fingerprint density at radius 3 is 1.91 bits per heavy atom. The van der Waals surface area contributed by atoms with Crippen LogP contribution in [0.1, 0.15) is 138 Å². The molecule has 0 aromatic rings. The Morgan fingerprint density at radius 1 is 0.727 bits per heavy atom. The van der Waals surface area contributed by atoms with Crippen molar-refractivity contribution in [1.82, 2.24) is 0 Å². The zero-order chi connectivity index (χ0) is 24.4. The van der Waals surface area contributed by atoms with Crippen LogP contribution in [0.25, 0.3) is 0 Å². The smallest absolute Gasteiger partial charge is 0.0571 e. The third kappa shape index (κ3) is 11.0. The summed E-state index contributed by atoms with van der Waals surface area (Å²) >= 11 is 0. The van der Waals surface area contributed by atoms with E-state index in [2.05, 4.69) is 41.5 Å². The molecule has 0 heterocycles. The second kappa shape index (κ2) is 15.1. The number of hydrogen-bond donors (Lipinski definition) is 2. The minimum atomic E-state index is -0.152. The van der Waals surface area contributed by atoms with E-state index in [0.717, 1.165) is 49.4 Å². The summed E-state index contributed by atoms with van der Waals surface area (Å²) in [6, 6.07) is 0. The maximum absolute atomic E-state index is 10.9. The molecule has 196 valence electrons. The lowest BCUT2D eigenvalue weighted by atomic mass is 9.75. The minimum absolute atomic E-state index is 0.121. The summed E-state index contributed by atoms with van der Waals surface area (Å²) < 4.78 is 0. The standard InChI is InChI=1S/C31H60O2/c1-22(2)10-13-26-14-16-27(17-15-26)20-25(6)30(32)9-7-8-29(23(3)4)21-31(33)28-18-11-24(5)12-19-28/h22-33H,7-21H2,1-6H3. The van der Waals surface area contributed by atoms with Crippen LogP contribution in [0.5, 0.6) is 0 Å². The Labute approximate surface area is 207 Å². The highest BCUT2D eigenvalue weighted by Crippen LogP contribution is 2.37. The van der Waals surface area contributed by atoms with Crippen LogP contribution in [-0.2, 0) is 0 Å². The van der Waals surface area contributed by atoms with E-state index in [1.54, 1.807) is 0 Å². The molecule has 2 nitrogen and oxygen atoms in total. The van der Waals surface area contributed by atoms with Crippen molar-refractivity contribution in [2.75, 3.05) is 0 Å². The first kappa shape index (κ1) is 29.2. The van der Waals surface area contributed by atoms with Gasteiger partial charge in [0.05, 0.1) is 12.2 Å². The van der Waals surface area contributed by atoms with E-state index in [-0.39, 0.29) is 12.2 Å². The van der Waals surface area contributed by atoms with Crippen molar-refractivity contribution in [3.05, 3.63) is 0 Å². The van der Waals surface area contributed by atoms with Crippen LogP contribution in [0.2, 0.25) is 0 Å². The monoisotopic (exact) mass is 464 g/mol. The van der Waals surface area contributed by atoms with Crippen LogP contribution in [0.3, 0.4) is 0 Å². The number of hydrogen-bond acceptors (Lipinski definition) is 2. The molecule has 2 aliphatic carbocycles. The van der Waals surface area contributed by atoms with Gasteiger partial charge in [0.25, 0.3) is 0 Å². The molecule has 4 atom stereocenters. The van der Waals surface area contributed by atoms with Crippen molar-refractivity contribution in [1.29, 1.82) is 0 Å². The van der Waals surface area contributed by atoms with Crippen LogP contribution in [-0.4, -0.2) is 22.4 Å². The fourth-order valence-electron chi connectivity index (χ4n) is 6.78. The molecule has 0 aliphatic heterocycles. The largest absolute Gasteiger partial charge is 0.393 e. The van der Waals surface area contributed by atoms with Gasteiger partial charge in [-0.3, -0.25) is 0 Å². The van der Waals surface area contributed by atoms with Gasteiger partial charge in [0.15, 0.2) is 0 Å². The van der Waals surface area contributed by atoms with E-state index in [9.17, 15) is 10.2 Å². The van der Waals surface area contributed by atoms with Gasteiger partial charge in [0, 0.05) is 0 Å². The zero-order valence-electron chi connectivity index (χ0n) is 23.3. The Kier molecular flexibility index (Phi) is 13.4. The predicted molar refractivity (Wildman–Crippen MR) is 143 cm³/mol. The summed E-state index contributed by atoms with van der Waals surface area (Å²) in [5.41, 5.74) is 0. The Balaban J connectivity index is 1.65. The van der Waals surface area contributed by atoms with E-state index in [1.807, 2.05) is 0 Å². The lowest BCUT2D eigenvalue weighted by Gasteiger charge is -2.33. The van der Waals surface area contributed by atoms with Gasteiger partial charge in [-0.15, -0.1) is 0 Å². The molecule has 0 amide bonds. The lowest BCUT2D eigenvalue weighted by Crippen LogP contribution is -2.29. The predicted octanol–water partition coefficient (Wildman–Crippen LogP) is 8.64. The van der Waals surface area contributed by atoms with Crippen molar-refractivity contribution in [3.8, 4) is 0 Å². The first-order valence-corrected chi connectivity index (χ1v) is 15.0. The van der Waals surface area contributed by atoms with Crippen molar-refractivity contribution < 1.29 is 10.2 Å². The summed E-state index contributed by atoms with van der Waals surface area (Å²) in [5.74, 6) is 5.63. The Hall–Kier alpha value is -0.0800. The van der Waals surface area contributed by atoms with Gasteiger partial charge in [-0.05, 0) is 79.4 Å². The maximum Gasteiger partial charge on any atom is 0.0571 e.